The zero-order valence-corrected chi connectivity index (χ0v) is 13.8. The fourth-order valence-electron chi connectivity index (χ4n) is 1.88. The lowest BCUT2D eigenvalue weighted by molar-refractivity contribution is 0.0869. The number of aliphatic hydroxyl groups is 1. The number of nitrogens with two attached hydrogens (primary N) is 1. The lowest BCUT2D eigenvalue weighted by Gasteiger charge is -2.05. The van der Waals surface area contributed by atoms with Crippen molar-refractivity contribution in [3.63, 3.8) is 0 Å². The van der Waals surface area contributed by atoms with E-state index in [1.165, 1.54) is 11.3 Å². The maximum Gasteiger partial charge on any atom is 0.263 e. The predicted octanol–water partition coefficient (Wildman–Crippen LogP) is 2.37. The van der Waals surface area contributed by atoms with Gasteiger partial charge in [0.15, 0.2) is 0 Å². The van der Waals surface area contributed by atoms with Crippen molar-refractivity contribution < 1.29 is 14.6 Å². The summed E-state index contributed by atoms with van der Waals surface area (Å²) in [6, 6.07) is 5.79. The lowest BCUT2D eigenvalue weighted by atomic mass is 10.2. The Morgan fingerprint density at radius 2 is 2.24 bits per heavy atom. The predicted molar refractivity (Wildman–Crippen MR) is 88.8 cm³/mol. The highest BCUT2D eigenvalue weighted by atomic mass is 79.9. The van der Waals surface area contributed by atoms with Gasteiger partial charge in [0.05, 0.1) is 18.9 Å². The quantitative estimate of drug-likeness (QED) is 0.651. The van der Waals surface area contributed by atoms with Crippen molar-refractivity contribution in [3.8, 4) is 0 Å². The van der Waals surface area contributed by atoms with Crippen LogP contribution in [0.25, 0.3) is 10.1 Å². The Bertz CT molecular complexity index is 630. The van der Waals surface area contributed by atoms with E-state index in [1.807, 2.05) is 18.2 Å². The molecule has 0 spiro atoms. The minimum Gasteiger partial charge on any atom is -0.397 e. The minimum absolute atomic E-state index is 0.0141. The molecule has 1 aromatic heterocycles. The molecule has 0 unspecified atom stereocenters. The molecule has 0 saturated carbocycles. The number of halogens is 1. The van der Waals surface area contributed by atoms with E-state index in [9.17, 15) is 4.79 Å². The fraction of sp³-hybridized carbons (Fsp3) is 0.357. The number of carbonyl (C=O) groups excluding carboxylic acids is 1. The van der Waals surface area contributed by atoms with E-state index in [2.05, 4.69) is 21.2 Å². The largest absolute Gasteiger partial charge is 0.397 e. The second-order valence-corrected chi connectivity index (χ2v) is 6.40. The molecule has 0 aliphatic rings. The molecule has 114 valence electrons. The molecule has 0 bridgehead atoms. The lowest BCUT2D eigenvalue weighted by Crippen LogP contribution is -2.25. The van der Waals surface area contributed by atoms with Crippen LogP contribution in [0, 0.1) is 0 Å². The number of hydrogen-bond acceptors (Lipinski definition) is 5. The number of aliphatic hydroxyl groups excluding tert-OH is 1. The first-order chi connectivity index (χ1) is 10.1. The summed E-state index contributed by atoms with van der Waals surface area (Å²) in [5.41, 5.74) is 6.57. The first-order valence-corrected chi connectivity index (χ1v) is 8.18. The molecule has 0 fully saturated rings. The van der Waals surface area contributed by atoms with Crippen LogP contribution < -0.4 is 11.1 Å². The van der Waals surface area contributed by atoms with Crippen LogP contribution in [0.5, 0.6) is 0 Å². The highest BCUT2D eigenvalue weighted by Gasteiger charge is 2.16. The van der Waals surface area contributed by atoms with Gasteiger partial charge < -0.3 is 20.9 Å². The third-order valence-electron chi connectivity index (χ3n) is 2.88. The number of benzene rings is 1. The van der Waals surface area contributed by atoms with Crippen molar-refractivity contribution in [1.82, 2.24) is 5.32 Å². The van der Waals surface area contributed by atoms with E-state index in [0.717, 1.165) is 14.6 Å². The number of fused-ring (bicyclic) bond motifs is 1. The van der Waals surface area contributed by atoms with Crippen molar-refractivity contribution in [2.24, 2.45) is 0 Å². The van der Waals surface area contributed by atoms with Crippen molar-refractivity contribution in [1.29, 1.82) is 0 Å². The van der Waals surface area contributed by atoms with Crippen LogP contribution in [0.2, 0.25) is 0 Å². The summed E-state index contributed by atoms with van der Waals surface area (Å²) in [5.74, 6) is -0.160. The van der Waals surface area contributed by atoms with Crippen molar-refractivity contribution in [2.45, 2.75) is 6.42 Å². The second-order valence-electron chi connectivity index (χ2n) is 4.43. The molecular formula is C14H17BrN2O3S. The smallest absolute Gasteiger partial charge is 0.263 e. The number of amides is 1. The Balaban J connectivity index is 1.95. The maximum absolute atomic E-state index is 12.1. The summed E-state index contributed by atoms with van der Waals surface area (Å²) >= 11 is 4.79. The third kappa shape index (κ3) is 4.16. The van der Waals surface area contributed by atoms with Gasteiger partial charge in [-0.2, -0.15) is 0 Å². The van der Waals surface area contributed by atoms with Gasteiger partial charge in [-0.05, 0) is 24.6 Å². The number of thiophene rings is 1. The fourth-order valence-corrected chi connectivity index (χ4v) is 3.26. The van der Waals surface area contributed by atoms with Crippen molar-refractivity contribution >= 4 is 48.9 Å². The average molecular weight is 373 g/mol. The summed E-state index contributed by atoms with van der Waals surface area (Å²) < 4.78 is 7.06. The molecule has 1 aromatic carbocycles. The number of hydrogen-bond donors (Lipinski definition) is 3. The van der Waals surface area contributed by atoms with Gasteiger partial charge in [0.2, 0.25) is 0 Å². The minimum atomic E-state index is -0.160. The Morgan fingerprint density at radius 3 is 3.00 bits per heavy atom. The summed E-state index contributed by atoms with van der Waals surface area (Å²) in [6.45, 7) is 1.36. The Hall–Kier alpha value is -1.15. The number of carbonyl (C=O) groups is 1. The zero-order valence-electron chi connectivity index (χ0n) is 11.4. The second kappa shape index (κ2) is 7.74. The van der Waals surface area contributed by atoms with E-state index in [-0.39, 0.29) is 12.5 Å². The van der Waals surface area contributed by atoms with Crippen LogP contribution in [0.4, 0.5) is 5.69 Å². The molecule has 4 N–H and O–H groups in total. The first kappa shape index (κ1) is 16.2. The molecule has 2 rings (SSSR count). The number of nitrogen functional groups attached to an aromatic ring is 1. The molecule has 0 saturated heterocycles. The van der Waals surface area contributed by atoms with Gasteiger partial charge in [-0.25, -0.2) is 0 Å². The molecule has 1 amide bonds. The summed E-state index contributed by atoms with van der Waals surface area (Å²) in [7, 11) is 0. The van der Waals surface area contributed by atoms with Crippen LogP contribution in [0.15, 0.2) is 22.7 Å². The van der Waals surface area contributed by atoms with E-state index in [0.29, 0.717) is 36.7 Å². The Morgan fingerprint density at radius 1 is 1.43 bits per heavy atom. The molecule has 7 heteroatoms. The Kier molecular flexibility index (Phi) is 5.98. The van der Waals surface area contributed by atoms with E-state index in [4.69, 9.17) is 15.6 Å². The number of nitrogens with one attached hydrogen (secondary N) is 1. The SMILES string of the molecule is Nc1c(C(=O)NCCCOCCO)sc2ccc(Br)cc12. The molecule has 1 heterocycles. The van der Waals surface area contributed by atoms with Crippen LogP contribution in [0.3, 0.4) is 0 Å². The van der Waals surface area contributed by atoms with Gasteiger partial charge in [-0.3, -0.25) is 4.79 Å². The average Bonchev–Trinajstić information content (AvgIpc) is 2.79. The van der Waals surface area contributed by atoms with Gasteiger partial charge in [-0.1, -0.05) is 15.9 Å². The van der Waals surface area contributed by atoms with Crippen LogP contribution in [0.1, 0.15) is 16.1 Å². The zero-order chi connectivity index (χ0) is 15.2. The van der Waals surface area contributed by atoms with E-state index < -0.39 is 0 Å². The van der Waals surface area contributed by atoms with E-state index in [1.54, 1.807) is 0 Å². The van der Waals surface area contributed by atoms with Crippen molar-refractivity contribution in [3.05, 3.63) is 27.5 Å². The third-order valence-corrected chi connectivity index (χ3v) is 4.56. The standard InChI is InChI=1S/C14H17BrN2O3S/c15-9-2-3-11-10(8-9)12(16)13(21-11)14(19)17-4-1-6-20-7-5-18/h2-3,8,18H,1,4-7,16H2,(H,17,19). The molecule has 0 aliphatic heterocycles. The summed E-state index contributed by atoms with van der Waals surface area (Å²) in [6.07, 6.45) is 0.697. The molecule has 21 heavy (non-hydrogen) atoms. The molecule has 0 aliphatic carbocycles. The summed E-state index contributed by atoms with van der Waals surface area (Å²) in [5, 5.41) is 12.3. The molecular weight excluding hydrogens is 356 g/mol. The van der Waals surface area contributed by atoms with Gasteiger partial charge in [0.25, 0.3) is 5.91 Å². The molecule has 0 atom stereocenters. The normalized spacial score (nSPS) is 11.0. The number of anilines is 1. The monoisotopic (exact) mass is 372 g/mol. The maximum atomic E-state index is 12.1. The molecule has 5 nitrogen and oxygen atoms in total. The van der Waals surface area contributed by atoms with Gasteiger partial charge >= 0.3 is 0 Å². The number of ether oxygens (including phenoxy) is 1. The molecule has 0 radical (unpaired) electrons. The van der Waals surface area contributed by atoms with Gasteiger partial charge in [0.1, 0.15) is 4.88 Å². The highest BCUT2D eigenvalue weighted by Crippen LogP contribution is 2.35. The van der Waals surface area contributed by atoms with Gasteiger partial charge in [0, 0.05) is 27.7 Å². The van der Waals surface area contributed by atoms with Crippen LogP contribution in [-0.2, 0) is 4.74 Å². The van der Waals surface area contributed by atoms with Gasteiger partial charge in [-0.15, -0.1) is 11.3 Å². The molecule has 2 aromatic rings. The topological polar surface area (TPSA) is 84.6 Å². The summed E-state index contributed by atoms with van der Waals surface area (Å²) in [4.78, 5) is 12.7. The van der Waals surface area contributed by atoms with Crippen LogP contribution in [-0.4, -0.2) is 37.4 Å². The number of rotatable bonds is 7. The Labute approximate surface area is 135 Å². The van der Waals surface area contributed by atoms with Crippen LogP contribution >= 0.6 is 27.3 Å². The van der Waals surface area contributed by atoms with Crippen molar-refractivity contribution in [2.75, 3.05) is 32.1 Å². The van der Waals surface area contributed by atoms with E-state index >= 15 is 0 Å². The first-order valence-electron chi connectivity index (χ1n) is 6.58. The highest BCUT2D eigenvalue weighted by molar-refractivity contribution is 9.10.